The molecule has 0 aromatic rings. The van der Waals surface area contributed by atoms with Crippen LogP contribution in [0.15, 0.2) is 12.2 Å². The molecule has 0 heterocycles. The number of carboxylic acid groups (broad SMARTS) is 1. The molecule has 124 valence electrons. The molecule has 3 atom stereocenters. The van der Waals surface area contributed by atoms with E-state index >= 15 is 0 Å². The van der Waals surface area contributed by atoms with Gasteiger partial charge in [-0.3, -0.25) is 9.59 Å². The van der Waals surface area contributed by atoms with Crippen molar-refractivity contribution in [3.8, 4) is 0 Å². The number of carboxylic acids is 1. The van der Waals surface area contributed by atoms with Gasteiger partial charge in [0.2, 0.25) is 5.91 Å². The standard InChI is InChI=1S/C17H27NO4/c1-4-5-6-7-13-12(8-9-14(13)19)10-15(20)18-16(11(2)3)17(21)22/h5-6,11-13,16H,4,7-10H2,1-3H3,(H,18,20)(H,21,22)/t12-,13-,16-/m0/s1. The smallest absolute Gasteiger partial charge is 0.326 e. The van der Waals surface area contributed by atoms with E-state index in [9.17, 15) is 14.4 Å². The highest BCUT2D eigenvalue weighted by atomic mass is 16.4. The predicted molar refractivity (Wildman–Crippen MR) is 84.3 cm³/mol. The van der Waals surface area contributed by atoms with Crippen molar-refractivity contribution in [2.24, 2.45) is 17.8 Å². The molecular formula is C17H27NO4. The van der Waals surface area contributed by atoms with Crippen molar-refractivity contribution in [3.05, 3.63) is 12.2 Å². The van der Waals surface area contributed by atoms with Gasteiger partial charge < -0.3 is 10.4 Å². The first-order valence-corrected chi connectivity index (χ1v) is 8.06. The fraction of sp³-hybridized carbons (Fsp3) is 0.706. The average Bonchev–Trinajstić information content (AvgIpc) is 2.77. The van der Waals surface area contributed by atoms with Gasteiger partial charge in [-0.05, 0) is 31.1 Å². The molecule has 1 rings (SSSR count). The molecule has 0 bridgehead atoms. The lowest BCUT2D eigenvalue weighted by Gasteiger charge is -2.21. The first-order chi connectivity index (χ1) is 10.4. The highest BCUT2D eigenvalue weighted by molar-refractivity contribution is 5.87. The molecule has 0 spiro atoms. The van der Waals surface area contributed by atoms with Gasteiger partial charge >= 0.3 is 5.97 Å². The highest BCUT2D eigenvalue weighted by Crippen LogP contribution is 2.34. The number of Topliss-reactive ketones (excluding diaryl/α,β-unsaturated/α-hetero) is 1. The van der Waals surface area contributed by atoms with E-state index in [0.717, 1.165) is 12.8 Å². The number of carbonyl (C=O) groups is 3. The van der Waals surface area contributed by atoms with Gasteiger partial charge in [0.25, 0.3) is 0 Å². The summed E-state index contributed by atoms with van der Waals surface area (Å²) in [6.07, 6.45) is 7.12. The zero-order chi connectivity index (χ0) is 16.7. The number of ketones is 1. The molecule has 0 aromatic carbocycles. The molecule has 1 amide bonds. The van der Waals surface area contributed by atoms with E-state index in [1.54, 1.807) is 13.8 Å². The monoisotopic (exact) mass is 309 g/mol. The van der Waals surface area contributed by atoms with Gasteiger partial charge in [-0.2, -0.15) is 0 Å². The van der Waals surface area contributed by atoms with E-state index in [0.29, 0.717) is 12.8 Å². The first-order valence-electron chi connectivity index (χ1n) is 8.06. The van der Waals surface area contributed by atoms with Crippen LogP contribution in [-0.4, -0.2) is 28.8 Å². The molecule has 1 saturated carbocycles. The van der Waals surface area contributed by atoms with Crippen LogP contribution in [0.1, 0.15) is 52.9 Å². The van der Waals surface area contributed by atoms with Crippen molar-refractivity contribution in [2.75, 3.05) is 0 Å². The van der Waals surface area contributed by atoms with Crippen LogP contribution in [0, 0.1) is 17.8 Å². The number of allylic oxidation sites excluding steroid dienone is 2. The molecule has 2 N–H and O–H groups in total. The summed E-state index contributed by atoms with van der Waals surface area (Å²) in [5, 5.41) is 11.7. The topological polar surface area (TPSA) is 83.5 Å². The maximum atomic E-state index is 12.1. The largest absolute Gasteiger partial charge is 0.480 e. The SMILES string of the molecule is CCC=CC[C@@H]1C(=O)CC[C@H]1CC(=O)N[C@H](C(=O)O)C(C)C. The number of rotatable bonds is 8. The van der Waals surface area contributed by atoms with Crippen LogP contribution in [0.2, 0.25) is 0 Å². The van der Waals surface area contributed by atoms with Crippen molar-refractivity contribution < 1.29 is 19.5 Å². The zero-order valence-corrected chi connectivity index (χ0v) is 13.7. The lowest BCUT2D eigenvalue weighted by atomic mass is 9.89. The number of carbonyl (C=O) groups excluding carboxylic acids is 2. The van der Waals surface area contributed by atoms with E-state index in [4.69, 9.17) is 5.11 Å². The lowest BCUT2D eigenvalue weighted by Crippen LogP contribution is -2.45. The summed E-state index contributed by atoms with van der Waals surface area (Å²) < 4.78 is 0. The van der Waals surface area contributed by atoms with E-state index in [1.165, 1.54) is 0 Å². The fourth-order valence-electron chi connectivity index (χ4n) is 2.94. The van der Waals surface area contributed by atoms with E-state index in [-0.39, 0.29) is 35.9 Å². The molecule has 5 heteroatoms. The van der Waals surface area contributed by atoms with Crippen LogP contribution >= 0.6 is 0 Å². The molecule has 0 saturated heterocycles. The Balaban J connectivity index is 2.60. The Hall–Kier alpha value is -1.65. The Bertz CT molecular complexity index is 442. The van der Waals surface area contributed by atoms with E-state index in [1.807, 2.05) is 19.1 Å². The third-order valence-electron chi connectivity index (χ3n) is 4.23. The summed E-state index contributed by atoms with van der Waals surface area (Å²) in [4.78, 5) is 35.2. The maximum Gasteiger partial charge on any atom is 0.326 e. The second-order valence-corrected chi connectivity index (χ2v) is 6.32. The molecule has 5 nitrogen and oxygen atoms in total. The zero-order valence-electron chi connectivity index (χ0n) is 13.7. The molecular weight excluding hydrogens is 282 g/mol. The molecule has 1 aliphatic carbocycles. The summed E-state index contributed by atoms with van der Waals surface area (Å²) in [5.74, 6) is -1.32. The molecule has 0 aromatic heterocycles. The third kappa shape index (κ3) is 5.28. The minimum absolute atomic E-state index is 0.0237. The molecule has 1 aliphatic rings. The van der Waals surface area contributed by atoms with Crippen molar-refractivity contribution in [1.29, 1.82) is 0 Å². The van der Waals surface area contributed by atoms with E-state index in [2.05, 4.69) is 5.32 Å². The Morgan fingerprint density at radius 2 is 2.05 bits per heavy atom. The minimum Gasteiger partial charge on any atom is -0.480 e. The first kappa shape index (κ1) is 18.4. The number of hydrogen-bond acceptors (Lipinski definition) is 3. The number of aliphatic carboxylic acids is 1. The van der Waals surface area contributed by atoms with Gasteiger partial charge in [0.15, 0.2) is 0 Å². The number of amides is 1. The van der Waals surface area contributed by atoms with Crippen LogP contribution in [0.4, 0.5) is 0 Å². The fourth-order valence-corrected chi connectivity index (χ4v) is 2.94. The van der Waals surface area contributed by atoms with Crippen LogP contribution < -0.4 is 5.32 Å². The van der Waals surface area contributed by atoms with Crippen LogP contribution in [0.25, 0.3) is 0 Å². The highest BCUT2D eigenvalue weighted by Gasteiger charge is 2.35. The van der Waals surface area contributed by atoms with Gasteiger partial charge in [0.1, 0.15) is 11.8 Å². The van der Waals surface area contributed by atoms with Gasteiger partial charge in [-0.15, -0.1) is 0 Å². The quantitative estimate of drug-likeness (QED) is 0.675. The summed E-state index contributed by atoms with van der Waals surface area (Å²) in [7, 11) is 0. The van der Waals surface area contributed by atoms with Crippen molar-refractivity contribution >= 4 is 17.7 Å². The average molecular weight is 309 g/mol. The molecule has 0 unspecified atom stereocenters. The molecule has 0 radical (unpaired) electrons. The minimum atomic E-state index is -1.02. The Labute approximate surface area is 132 Å². The normalized spacial score (nSPS) is 23.2. The van der Waals surface area contributed by atoms with Crippen LogP contribution in [0.3, 0.4) is 0 Å². The summed E-state index contributed by atoms with van der Waals surface area (Å²) in [6, 6.07) is -0.872. The Morgan fingerprint density at radius 3 is 2.59 bits per heavy atom. The molecule has 1 fully saturated rings. The van der Waals surface area contributed by atoms with Gasteiger partial charge in [-0.25, -0.2) is 4.79 Å². The Kier molecular flexibility index (Phi) is 7.28. The predicted octanol–water partition coefficient (Wildman–Crippen LogP) is 2.55. The summed E-state index contributed by atoms with van der Waals surface area (Å²) in [6.45, 7) is 5.56. The molecule has 22 heavy (non-hydrogen) atoms. The molecule has 0 aliphatic heterocycles. The van der Waals surface area contributed by atoms with Crippen molar-refractivity contribution in [2.45, 2.75) is 58.9 Å². The van der Waals surface area contributed by atoms with Crippen LogP contribution in [0.5, 0.6) is 0 Å². The van der Waals surface area contributed by atoms with Gasteiger partial charge in [-0.1, -0.05) is 32.9 Å². The summed E-state index contributed by atoms with van der Waals surface area (Å²) in [5.41, 5.74) is 0. The number of hydrogen-bond donors (Lipinski definition) is 2. The summed E-state index contributed by atoms with van der Waals surface area (Å²) >= 11 is 0. The maximum absolute atomic E-state index is 12.1. The number of nitrogens with one attached hydrogen (secondary N) is 1. The second-order valence-electron chi connectivity index (χ2n) is 6.32. The van der Waals surface area contributed by atoms with Crippen molar-refractivity contribution in [1.82, 2.24) is 5.32 Å². The third-order valence-corrected chi connectivity index (χ3v) is 4.23. The second kappa shape index (κ2) is 8.71. The Morgan fingerprint density at radius 1 is 1.36 bits per heavy atom. The lowest BCUT2D eigenvalue weighted by molar-refractivity contribution is -0.143. The van der Waals surface area contributed by atoms with Crippen LogP contribution in [-0.2, 0) is 14.4 Å². The van der Waals surface area contributed by atoms with Crippen molar-refractivity contribution in [3.63, 3.8) is 0 Å². The van der Waals surface area contributed by atoms with E-state index < -0.39 is 12.0 Å². The van der Waals surface area contributed by atoms with Gasteiger partial charge in [0.05, 0.1) is 0 Å². The van der Waals surface area contributed by atoms with Gasteiger partial charge in [0, 0.05) is 18.8 Å².